The lowest BCUT2D eigenvalue weighted by atomic mass is 10.0. The van der Waals surface area contributed by atoms with E-state index in [0.717, 1.165) is 30.4 Å². The van der Waals surface area contributed by atoms with Crippen LogP contribution in [0.25, 0.3) is 11.1 Å². The summed E-state index contributed by atoms with van der Waals surface area (Å²) in [4.78, 5) is 36.3. The number of hydrogen-bond acceptors (Lipinski definition) is 8. The van der Waals surface area contributed by atoms with Crippen LogP contribution in [0.4, 0.5) is 4.79 Å². The average Bonchev–Trinajstić information content (AvgIpc) is 3.43. The summed E-state index contributed by atoms with van der Waals surface area (Å²) in [6.07, 6.45) is -1.40. The summed E-state index contributed by atoms with van der Waals surface area (Å²) >= 11 is 0. The van der Waals surface area contributed by atoms with Crippen molar-refractivity contribution in [1.82, 2.24) is 19.8 Å². The number of amides is 2. The lowest BCUT2D eigenvalue weighted by Gasteiger charge is -2.21. The second-order valence-corrected chi connectivity index (χ2v) is 11.9. The number of nitrogens with zero attached hydrogens (tertiary/aromatic N) is 2. The van der Waals surface area contributed by atoms with Gasteiger partial charge in [-0.3, -0.25) is 9.48 Å². The molecule has 0 fully saturated rings. The molecule has 1 aromatic heterocycles. The summed E-state index contributed by atoms with van der Waals surface area (Å²) in [5.74, 6) is -2.06. The lowest BCUT2D eigenvalue weighted by Crippen LogP contribution is -2.48. The first kappa shape index (κ1) is 32.9. The van der Waals surface area contributed by atoms with Gasteiger partial charge in [-0.1, -0.05) is 86.1 Å². The largest absolute Gasteiger partial charge is 0.479 e. The van der Waals surface area contributed by atoms with Gasteiger partial charge in [-0.05, 0) is 41.7 Å². The van der Waals surface area contributed by atoms with Crippen LogP contribution in [-0.4, -0.2) is 65.6 Å². The topological polar surface area (TPSA) is 177 Å². The fourth-order valence-corrected chi connectivity index (χ4v) is 5.94. The molecule has 0 saturated carbocycles. The molecular weight excluding hydrogens is 600 g/mol. The van der Waals surface area contributed by atoms with Gasteiger partial charge < -0.3 is 20.3 Å². The summed E-state index contributed by atoms with van der Waals surface area (Å²) in [6.45, 7) is 2.30. The van der Waals surface area contributed by atoms with Gasteiger partial charge in [0.2, 0.25) is 0 Å². The van der Waals surface area contributed by atoms with Gasteiger partial charge in [-0.25, -0.2) is 22.7 Å². The molecule has 0 aliphatic rings. The highest BCUT2D eigenvalue weighted by atomic mass is 32.2. The predicted octanol–water partition coefficient (Wildman–Crippen LogP) is 3.38. The van der Waals surface area contributed by atoms with E-state index in [1.165, 1.54) is 6.07 Å². The minimum Gasteiger partial charge on any atom is -0.479 e. The standard InChI is InChI=1S/C32H34N4O8S/c1-3-9-24-19-27(30(38)33-26(29(37)31(39)40)18-21-10-5-4-6-11-21)34-36(24)20-22-14-16-23(17-15-22)25-12-7-8-13-28(25)45(42,43)35-32(41)44-2/h4-8,10-17,19,26,29,37H,3,9,18,20H2,1-2H3,(H,33,38)(H,35,41)(H,39,40)/t26-,29-/m1/s1. The van der Waals surface area contributed by atoms with Crippen molar-refractivity contribution >= 4 is 28.0 Å². The molecule has 0 bridgehead atoms. The van der Waals surface area contributed by atoms with Crippen molar-refractivity contribution in [3.63, 3.8) is 0 Å². The predicted molar refractivity (Wildman–Crippen MR) is 165 cm³/mol. The molecule has 236 valence electrons. The van der Waals surface area contributed by atoms with Crippen molar-refractivity contribution < 1.29 is 37.8 Å². The molecule has 2 atom stereocenters. The van der Waals surface area contributed by atoms with Crippen molar-refractivity contribution in [2.75, 3.05) is 7.11 Å². The van der Waals surface area contributed by atoms with Crippen molar-refractivity contribution in [3.05, 3.63) is 107 Å². The smallest absolute Gasteiger partial charge is 0.420 e. The molecule has 0 aliphatic heterocycles. The van der Waals surface area contributed by atoms with Gasteiger partial charge in [0.25, 0.3) is 15.9 Å². The van der Waals surface area contributed by atoms with Gasteiger partial charge in [-0.15, -0.1) is 0 Å². The molecule has 4 rings (SSSR count). The van der Waals surface area contributed by atoms with E-state index < -0.39 is 40.1 Å². The number of aliphatic hydroxyl groups is 1. The number of sulfonamides is 1. The van der Waals surface area contributed by atoms with E-state index in [4.69, 9.17) is 0 Å². The number of aromatic nitrogens is 2. The molecule has 4 N–H and O–H groups in total. The Bertz CT molecular complexity index is 1760. The Hall–Kier alpha value is -5.01. The molecule has 0 unspecified atom stereocenters. The number of carboxylic acids is 1. The zero-order valence-corrected chi connectivity index (χ0v) is 25.5. The number of carbonyl (C=O) groups excluding carboxylic acids is 2. The molecule has 2 amide bonds. The van der Waals surface area contributed by atoms with Gasteiger partial charge in [0.1, 0.15) is 5.69 Å². The SMILES string of the molecule is CCCc1cc(C(=O)N[C@H](Cc2ccccc2)[C@@H](O)C(=O)O)nn1Cc1ccc(-c2ccccc2S(=O)(=O)NC(=O)OC)cc1. The Kier molecular flexibility index (Phi) is 10.7. The van der Waals surface area contributed by atoms with Crippen LogP contribution in [0.15, 0.2) is 89.8 Å². The number of ether oxygens (including phenoxy) is 1. The van der Waals surface area contributed by atoms with Crippen LogP contribution in [0.2, 0.25) is 0 Å². The van der Waals surface area contributed by atoms with Crippen LogP contribution in [0.5, 0.6) is 0 Å². The van der Waals surface area contributed by atoms with Crippen LogP contribution in [0.3, 0.4) is 0 Å². The molecule has 1 heterocycles. The molecule has 0 spiro atoms. The second kappa shape index (κ2) is 14.6. The number of carboxylic acid groups (broad SMARTS) is 1. The molecule has 4 aromatic rings. The number of aliphatic hydroxyl groups excluding tert-OH is 1. The Morgan fingerprint density at radius 3 is 2.27 bits per heavy atom. The first-order valence-corrected chi connectivity index (χ1v) is 15.6. The summed E-state index contributed by atoms with van der Waals surface area (Å²) in [6, 6.07) is 22.9. The highest BCUT2D eigenvalue weighted by Gasteiger charge is 2.29. The van der Waals surface area contributed by atoms with E-state index in [1.807, 2.05) is 29.8 Å². The highest BCUT2D eigenvalue weighted by Crippen LogP contribution is 2.28. The Morgan fingerprint density at radius 1 is 0.956 bits per heavy atom. The molecule has 12 nitrogen and oxygen atoms in total. The number of methoxy groups -OCH3 is 1. The molecular formula is C32H34N4O8S. The minimum atomic E-state index is -4.19. The van der Waals surface area contributed by atoms with Crippen LogP contribution in [-0.2, 0) is 38.9 Å². The van der Waals surface area contributed by atoms with E-state index in [1.54, 1.807) is 65.3 Å². The first-order valence-electron chi connectivity index (χ1n) is 14.1. The monoisotopic (exact) mass is 634 g/mol. The molecule has 0 saturated heterocycles. The van der Waals surface area contributed by atoms with Crippen LogP contribution in [0, 0.1) is 0 Å². The summed E-state index contributed by atoms with van der Waals surface area (Å²) < 4.78 is 33.6. The number of aliphatic carboxylic acids is 1. The maximum atomic E-state index is 13.2. The van der Waals surface area contributed by atoms with Gasteiger partial charge in [-0.2, -0.15) is 5.10 Å². The lowest BCUT2D eigenvalue weighted by molar-refractivity contribution is -0.148. The van der Waals surface area contributed by atoms with Gasteiger partial charge in [0.05, 0.1) is 24.6 Å². The van der Waals surface area contributed by atoms with E-state index in [-0.39, 0.29) is 17.0 Å². The molecule has 0 aliphatic carbocycles. The van der Waals surface area contributed by atoms with Crippen molar-refractivity contribution in [1.29, 1.82) is 0 Å². The number of aryl methyl sites for hydroxylation is 1. The van der Waals surface area contributed by atoms with E-state index in [9.17, 15) is 33.0 Å². The molecule has 0 radical (unpaired) electrons. The van der Waals surface area contributed by atoms with Crippen molar-refractivity contribution in [2.45, 2.75) is 49.8 Å². The van der Waals surface area contributed by atoms with E-state index >= 15 is 0 Å². The van der Waals surface area contributed by atoms with Gasteiger partial charge in [0.15, 0.2) is 6.10 Å². The van der Waals surface area contributed by atoms with Crippen molar-refractivity contribution in [2.24, 2.45) is 0 Å². The van der Waals surface area contributed by atoms with E-state index in [2.05, 4.69) is 15.2 Å². The fraction of sp³-hybridized carbons (Fsp3) is 0.250. The number of rotatable bonds is 13. The zero-order valence-electron chi connectivity index (χ0n) is 24.7. The van der Waals surface area contributed by atoms with Gasteiger partial charge >= 0.3 is 12.1 Å². The number of hydrogen-bond donors (Lipinski definition) is 4. The third kappa shape index (κ3) is 8.34. The minimum absolute atomic E-state index is 0.0861. The second-order valence-electron chi connectivity index (χ2n) is 10.3. The number of nitrogens with one attached hydrogen (secondary N) is 2. The summed E-state index contributed by atoms with van der Waals surface area (Å²) in [7, 11) is -3.12. The van der Waals surface area contributed by atoms with Crippen LogP contribution in [0.1, 0.15) is 40.7 Å². The quantitative estimate of drug-likeness (QED) is 0.172. The van der Waals surface area contributed by atoms with Gasteiger partial charge in [0, 0.05) is 11.3 Å². The summed E-state index contributed by atoms with van der Waals surface area (Å²) in [5, 5.41) is 26.9. The van der Waals surface area contributed by atoms with E-state index in [0.29, 0.717) is 24.1 Å². The third-order valence-electron chi connectivity index (χ3n) is 7.03. The molecule has 3 aromatic carbocycles. The average molecular weight is 635 g/mol. The van der Waals surface area contributed by atoms with Crippen LogP contribution < -0.4 is 10.0 Å². The number of benzene rings is 3. The maximum absolute atomic E-state index is 13.2. The Labute approximate surface area is 260 Å². The highest BCUT2D eigenvalue weighted by molar-refractivity contribution is 7.90. The Morgan fingerprint density at radius 2 is 1.62 bits per heavy atom. The summed E-state index contributed by atoms with van der Waals surface area (Å²) in [5.41, 5.74) is 3.43. The van der Waals surface area contributed by atoms with Crippen LogP contribution >= 0.6 is 0 Å². The maximum Gasteiger partial charge on any atom is 0.420 e. The molecule has 45 heavy (non-hydrogen) atoms. The molecule has 13 heteroatoms. The number of carbonyl (C=O) groups is 3. The van der Waals surface area contributed by atoms with Crippen molar-refractivity contribution in [3.8, 4) is 11.1 Å². The normalized spacial score (nSPS) is 12.6. The third-order valence-corrected chi connectivity index (χ3v) is 8.40. The first-order chi connectivity index (χ1) is 21.5. The zero-order chi connectivity index (χ0) is 32.6. The fourth-order valence-electron chi connectivity index (χ4n) is 4.79. The Balaban J connectivity index is 1.55.